The standard InChI is InChI=1S/C16H17ClN2O/c1-19(11-13-5-3-2-4-6-13)12-18-16(20)14-7-9-15(17)10-8-14/h2-10H,11-12H2,1H3,(H,18,20). The molecule has 0 spiro atoms. The van der Waals surface area contributed by atoms with Gasteiger partial charge in [0.2, 0.25) is 0 Å². The van der Waals surface area contributed by atoms with Gasteiger partial charge in [0.05, 0.1) is 6.67 Å². The van der Waals surface area contributed by atoms with Crippen LogP contribution in [0, 0.1) is 0 Å². The van der Waals surface area contributed by atoms with Crippen LogP contribution in [0.25, 0.3) is 0 Å². The van der Waals surface area contributed by atoms with E-state index in [1.807, 2.05) is 30.1 Å². The third kappa shape index (κ3) is 4.37. The predicted octanol–water partition coefficient (Wildman–Crippen LogP) is 3.16. The van der Waals surface area contributed by atoms with Crippen molar-refractivity contribution in [3.63, 3.8) is 0 Å². The fourth-order valence-corrected chi connectivity index (χ4v) is 1.99. The van der Waals surface area contributed by atoms with Crippen molar-refractivity contribution in [2.75, 3.05) is 13.7 Å². The van der Waals surface area contributed by atoms with Crippen molar-refractivity contribution >= 4 is 17.5 Å². The van der Waals surface area contributed by atoms with Crippen molar-refractivity contribution in [3.8, 4) is 0 Å². The Morgan fingerprint density at radius 3 is 2.40 bits per heavy atom. The summed E-state index contributed by atoms with van der Waals surface area (Å²) in [4.78, 5) is 14.0. The number of nitrogens with zero attached hydrogens (tertiary/aromatic N) is 1. The van der Waals surface area contributed by atoms with Crippen molar-refractivity contribution in [2.45, 2.75) is 6.54 Å². The number of carbonyl (C=O) groups is 1. The second-order valence-electron chi connectivity index (χ2n) is 4.67. The fraction of sp³-hybridized carbons (Fsp3) is 0.188. The van der Waals surface area contributed by atoms with E-state index in [1.165, 1.54) is 5.56 Å². The Morgan fingerprint density at radius 2 is 1.75 bits per heavy atom. The molecule has 1 amide bonds. The van der Waals surface area contributed by atoms with E-state index in [0.717, 1.165) is 6.54 Å². The summed E-state index contributed by atoms with van der Waals surface area (Å²) in [7, 11) is 1.97. The van der Waals surface area contributed by atoms with E-state index in [0.29, 0.717) is 17.3 Å². The quantitative estimate of drug-likeness (QED) is 0.857. The number of carbonyl (C=O) groups excluding carboxylic acids is 1. The zero-order chi connectivity index (χ0) is 14.4. The van der Waals surface area contributed by atoms with Crippen LogP contribution in [-0.4, -0.2) is 24.5 Å². The van der Waals surface area contributed by atoms with Gasteiger partial charge in [0, 0.05) is 17.1 Å². The molecule has 2 aromatic carbocycles. The Hall–Kier alpha value is -1.84. The van der Waals surface area contributed by atoms with Crippen LogP contribution in [-0.2, 0) is 6.54 Å². The summed E-state index contributed by atoms with van der Waals surface area (Å²) in [6.07, 6.45) is 0. The van der Waals surface area contributed by atoms with Gasteiger partial charge in [-0.1, -0.05) is 41.9 Å². The number of halogens is 1. The molecule has 104 valence electrons. The summed E-state index contributed by atoms with van der Waals surface area (Å²) in [5.74, 6) is -0.0958. The first-order chi connectivity index (χ1) is 9.65. The van der Waals surface area contributed by atoms with Gasteiger partial charge in [-0.15, -0.1) is 0 Å². The summed E-state index contributed by atoms with van der Waals surface area (Å²) >= 11 is 5.79. The third-order valence-electron chi connectivity index (χ3n) is 2.91. The van der Waals surface area contributed by atoms with Crippen LogP contribution in [0.5, 0.6) is 0 Å². The van der Waals surface area contributed by atoms with Gasteiger partial charge in [-0.25, -0.2) is 0 Å². The smallest absolute Gasteiger partial charge is 0.252 e. The van der Waals surface area contributed by atoms with Gasteiger partial charge in [-0.2, -0.15) is 0 Å². The molecule has 0 heterocycles. The van der Waals surface area contributed by atoms with Gasteiger partial charge in [-0.3, -0.25) is 9.69 Å². The van der Waals surface area contributed by atoms with Crippen LogP contribution in [0.2, 0.25) is 5.02 Å². The highest BCUT2D eigenvalue weighted by Crippen LogP contribution is 2.09. The lowest BCUT2D eigenvalue weighted by Gasteiger charge is -2.17. The van der Waals surface area contributed by atoms with E-state index in [-0.39, 0.29) is 5.91 Å². The number of amides is 1. The van der Waals surface area contributed by atoms with Gasteiger partial charge in [0.25, 0.3) is 5.91 Å². The molecule has 2 aromatic rings. The highest BCUT2D eigenvalue weighted by atomic mass is 35.5. The van der Waals surface area contributed by atoms with Gasteiger partial charge in [0.1, 0.15) is 0 Å². The van der Waals surface area contributed by atoms with E-state index in [9.17, 15) is 4.79 Å². The van der Waals surface area contributed by atoms with E-state index in [1.54, 1.807) is 24.3 Å². The second-order valence-corrected chi connectivity index (χ2v) is 5.11. The molecule has 0 aliphatic rings. The van der Waals surface area contributed by atoms with Crippen molar-refractivity contribution in [2.24, 2.45) is 0 Å². The fourth-order valence-electron chi connectivity index (χ4n) is 1.86. The molecule has 1 N–H and O–H groups in total. The predicted molar refractivity (Wildman–Crippen MR) is 81.7 cm³/mol. The van der Waals surface area contributed by atoms with Gasteiger partial charge in [0.15, 0.2) is 0 Å². The van der Waals surface area contributed by atoms with E-state index in [4.69, 9.17) is 11.6 Å². The first-order valence-electron chi connectivity index (χ1n) is 6.41. The zero-order valence-electron chi connectivity index (χ0n) is 11.3. The van der Waals surface area contributed by atoms with Crippen LogP contribution >= 0.6 is 11.6 Å². The maximum atomic E-state index is 11.9. The molecule has 0 saturated heterocycles. The molecular formula is C16H17ClN2O. The maximum absolute atomic E-state index is 11.9. The van der Waals surface area contributed by atoms with Gasteiger partial charge >= 0.3 is 0 Å². The Labute approximate surface area is 124 Å². The number of nitrogens with one attached hydrogen (secondary N) is 1. The number of rotatable bonds is 5. The summed E-state index contributed by atoms with van der Waals surface area (Å²) in [5, 5.41) is 3.51. The van der Waals surface area contributed by atoms with Crippen LogP contribution in [0.15, 0.2) is 54.6 Å². The molecule has 20 heavy (non-hydrogen) atoms. The van der Waals surface area contributed by atoms with E-state index in [2.05, 4.69) is 17.4 Å². The highest BCUT2D eigenvalue weighted by molar-refractivity contribution is 6.30. The minimum atomic E-state index is -0.0958. The monoisotopic (exact) mass is 288 g/mol. The number of hydrogen-bond acceptors (Lipinski definition) is 2. The molecule has 0 atom stereocenters. The van der Waals surface area contributed by atoms with Crippen LogP contribution in [0.1, 0.15) is 15.9 Å². The third-order valence-corrected chi connectivity index (χ3v) is 3.16. The summed E-state index contributed by atoms with van der Waals surface area (Å²) in [6.45, 7) is 1.29. The van der Waals surface area contributed by atoms with Crippen molar-refractivity contribution in [3.05, 3.63) is 70.7 Å². The lowest BCUT2D eigenvalue weighted by molar-refractivity contribution is 0.0928. The summed E-state index contributed by atoms with van der Waals surface area (Å²) < 4.78 is 0. The Balaban J connectivity index is 1.82. The Bertz CT molecular complexity index is 554. The minimum absolute atomic E-state index is 0.0958. The Kier molecular flexibility index (Phi) is 5.16. The molecule has 4 heteroatoms. The molecule has 0 aliphatic heterocycles. The van der Waals surface area contributed by atoms with Crippen LogP contribution < -0.4 is 5.32 Å². The average Bonchev–Trinajstić information content (AvgIpc) is 2.46. The molecule has 3 nitrogen and oxygen atoms in total. The zero-order valence-corrected chi connectivity index (χ0v) is 12.1. The normalized spacial score (nSPS) is 10.6. The SMILES string of the molecule is CN(CNC(=O)c1ccc(Cl)cc1)Cc1ccccc1. The van der Waals surface area contributed by atoms with Crippen molar-refractivity contribution in [1.82, 2.24) is 10.2 Å². The van der Waals surface area contributed by atoms with Crippen molar-refractivity contribution in [1.29, 1.82) is 0 Å². The molecule has 0 aliphatic carbocycles. The number of benzene rings is 2. The topological polar surface area (TPSA) is 32.3 Å². The molecule has 0 radical (unpaired) electrons. The van der Waals surface area contributed by atoms with Crippen molar-refractivity contribution < 1.29 is 4.79 Å². The minimum Gasteiger partial charge on any atom is -0.339 e. The largest absolute Gasteiger partial charge is 0.339 e. The Morgan fingerprint density at radius 1 is 1.10 bits per heavy atom. The summed E-state index contributed by atoms with van der Waals surface area (Å²) in [6, 6.07) is 17.0. The highest BCUT2D eigenvalue weighted by Gasteiger charge is 2.06. The van der Waals surface area contributed by atoms with E-state index >= 15 is 0 Å². The second kappa shape index (κ2) is 7.08. The molecule has 0 aromatic heterocycles. The molecule has 0 fully saturated rings. The molecule has 0 saturated carbocycles. The molecule has 2 rings (SSSR count). The van der Waals surface area contributed by atoms with Gasteiger partial charge in [-0.05, 0) is 36.9 Å². The lowest BCUT2D eigenvalue weighted by atomic mass is 10.2. The maximum Gasteiger partial charge on any atom is 0.252 e. The van der Waals surface area contributed by atoms with Crippen LogP contribution in [0.3, 0.4) is 0 Å². The van der Waals surface area contributed by atoms with Gasteiger partial charge < -0.3 is 5.32 Å². The summed E-state index contributed by atoms with van der Waals surface area (Å²) in [5.41, 5.74) is 1.83. The lowest BCUT2D eigenvalue weighted by Crippen LogP contribution is -2.34. The molecule has 0 unspecified atom stereocenters. The molecule has 0 bridgehead atoms. The van der Waals surface area contributed by atoms with E-state index < -0.39 is 0 Å². The average molecular weight is 289 g/mol. The number of hydrogen-bond donors (Lipinski definition) is 1. The molecular weight excluding hydrogens is 272 g/mol. The first kappa shape index (κ1) is 14.6. The van der Waals surface area contributed by atoms with Crippen LogP contribution in [0.4, 0.5) is 0 Å². The first-order valence-corrected chi connectivity index (χ1v) is 6.79.